The van der Waals surface area contributed by atoms with Crippen molar-refractivity contribution in [2.24, 2.45) is 0 Å². The number of carbonyl (C=O) groups excluding carboxylic acids is 1. The summed E-state index contributed by atoms with van der Waals surface area (Å²) in [6.45, 7) is 3.92. The first kappa shape index (κ1) is 16.7. The first-order valence-electron chi connectivity index (χ1n) is 6.71. The Hall–Kier alpha value is -1.33. The number of nitrogens with one attached hydrogen (secondary N) is 2. The van der Waals surface area contributed by atoms with Crippen molar-refractivity contribution in [3.63, 3.8) is 0 Å². The van der Waals surface area contributed by atoms with Crippen molar-refractivity contribution in [3.8, 4) is 0 Å². The molecule has 2 N–H and O–H groups in total. The number of anilines is 1. The largest absolute Gasteiger partial charge is 0.381 e. The lowest BCUT2D eigenvalue weighted by Gasteiger charge is -2.09. The van der Waals surface area contributed by atoms with Gasteiger partial charge in [0, 0.05) is 24.8 Å². The summed E-state index contributed by atoms with van der Waals surface area (Å²) in [4.78, 5) is 11.5. The Bertz CT molecular complexity index is 430. The summed E-state index contributed by atoms with van der Waals surface area (Å²) in [6.07, 6.45) is 2.86. The van der Waals surface area contributed by atoms with E-state index in [0.29, 0.717) is 18.2 Å². The molecule has 0 spiro atoms. The molecule has 112 valence electrons. The molecule has 0 aromatic heterocycles. The normalized spacial score (nSPS) is 10.3. The van der Waals surface area contributed by atoms with Gasteiger partial charge in [-0.3, -0.25) is 0 Å². The molecule has 0 atom stereocenters. The predicted molar refractivity (Wildman–Crippen MR) is 78.8 cm³/mol. The Balaban J connectivity index is 2.19. The highest BCUT2D eigenvalue weighted by Crippen LogP contribution is 2.19. The van der Waals surface area contributed by atoms with Crippen LogP contribution < -0.4 is 10.6 Å². The van der Waals surface area contributed by atoms with Crippen LogP contribution in [0.1, 0.15) is 26.2 Å². The number of hydrogen-bond acceptors (Lipinski definition) is 2. The average molecular weight is 303 g/mol. The summed E-state index contributed by atoms with van der Waals surface area (Å²) in [6, 6.07) is 3.54. The number of hydrogen-bond donors (Lipinski definition) is 2. The summed E-state index contributed by atoms with van der Waals surface area (Å²) >= 11 is 5.73. The quantitative estimate of drug-likeness (QED) is 0.718. The smallest absolute Gasteiger partial charge is 0.319 e. The molecule has 0 fully saturated rings. The van der Waals surface area contributed by atoms with Crippen molar-refractivity contribution >= 4 is 23.3 Å². The average Bonchev–Trinajstić information content (AvgIpc) is 2.42. The molecule has 4 nitrogen and oxygen atoms in total. The third kappa shape index (κ3) is 6.73. The van der Waals surface area contributed by atoms with Gasteiger partial charge in [0.1, 0.15) is 5.82 Å². The van der Waals surface area contributed by atoms with Crippen LogP contribution >= 0.6 is 11.6 Å². The number of amides is 2. The van der Waals surface area contributed by atoms with Gasteiger partial charge < -0.3 is 15.4 Å². The zero-order valence-corrected chi connectivity index (χ0v) is 12.3. The van der Waals surface area contributed by atoms with E-state index in [9.17, 15) is 9.18 Å². The topological polar surface area (TPSA) is 50.4 Å². The fourth-order valence-corrected chi connectivity index (χ4v) is 1.66. The van der Waals surface area contributed by atoms with Gasteiger partial charge in [-0.15, -0.1) is 0 Å². The fraction of sp³-hybridized carbons (Fsp3) is 0.500. The maximum atomic E-state index is 13.4. The second kappa shape index (κ2) is 9.55. The van der Waals surface area contributed by atoms with Gasteiger partial charge in [0.2, 0.25) is 0 Å². The van der Waals surface area contributed by atoms with E-state index >= 15 is 0 Å². The molecule has 2 amide bonds. The highest BCUT2D eigenvalue weighted by Gasteiger charge is 2.06. The molecular weight excluding hydrogens is 283 g/mol. The molecule has 0 aliphatic heterocycles. The molecular formula is C14H20ClFN2O2. The predicted octanol–water partition coefficient (Wildman–Crippen LogP) is 3.81. The number of ether oxygens (including phenoxy) is 1. The van der Waals surface area contributed by atoms with Gasteiger partial charge >= 0.3 is 6.03 Å². The summed E-state index contributed by atoms with van der Waals surface area (Å²) in [7, 11) is 0. The van der Waals surface area contributed by atoms with E-state index < -0.39 is 11.8 Å². The molecule has 0 bridgehead atoms. The maximum absolute atomic E-state index is 13.4. The van der Waals surface area contributed by atoms with Gasteiger partial charge in [-0.25, -0.2) is 9.18 Å². The molecule has 0 heterocycles. The lowest BCUT2D eigenvalue weighted by molar-refractivity contribution is 0.129. The second-order valence-corrected chi connectivity index (χ2v) is 4.76. The Morgan fingerprint density at radius 1 is 1.35 bits per heavy atom. The van der Waals surface area contributed by atoms with E-state index in [4.69, 9.17) is 16.3 Å². The number of rotatable bonds is 8. The van der Waals surface area contributed by atoms with Crippen molar-refractivity contribution in [2.75, 3.05) is 25.1 Å². The van der Waals surface area contributed by atoms with Crippen LogP contribution in [0.3, 0.4) is 0 Å². The van der Waals surface area contributed by atoms with Crippen molar-refractivity contribution in [1.29, 1.82) is 0 Å². The lowest BCUT2D eigenvalue weighted by atomic mass is 10.3. The second-order valence-electron chi connectivity index (χ2n) is 4.32. The van der Waals surface area contributed by atoms with Crippen LogP contribution in [0.4, 0.5) is 14.9 Å². The van der Waals surface area contributed by atoms with Crippen molar-refractivity contribution < 1.29 is 13.9 Å². The van der Waals surface area contributed by atoms with Crippen LogP contribution in [0, 0.1) is 5.82 Å². The maximum Gasteiger partial charge on any atom is 0.319 e. The van der Waals surface area contributed by atoms with Crippen molar-refractivity contribution in [3.05, 3.63) is 29.0 Å². The van der Waals surface area contributed by atoms with Crippen LogP contribution in [-0.4, -0.2) is 25.8 Å². The third-order valence-corrected chi connectivity index (χ3v) is 2.80. The summed E-state index contributed by atoms with van der Waals surface area (Å²) < 4.78 is 18.7. The molecule has 1 aromatic carbocycles. The zero-order chi connectivity index (χ0) is 14.8. The van der Waals surface area contributed by atoms with Crippen LogP contribution in [0.25, 0.3) is 0 Å². The minimum atomic E-state index is -0.521. The van der Waals surface area contributed by atoms with Crippen LogP contribution in [0.15, 0.2) is 18.2 Å². The minimum absolute atomic E-state index is 0.0641. The number of carbonyl (C=O) groups is 1. The molecule has 20 heavy (non-hydrogen) atoms. The number of benzene rings is 1. The third-order valence-electron chi connectivity index (χ3n) is 2.57. The molecule has 0 radical (unpaired) electrons. The minimum Gasteiger partial charge on any atom is -0.381 e. The van der Waals surface area contributed by atoms with Gasteiger partial charge in [0.15, 0.2) is 0 Å². The molecule has 0 unspecified atom stereocenters. The molecule has 1 aromatic rings. The van der Waals surface area contributed by atoms with E-state index in [0.717, 1.165) is 25.9 Å². The summed E-state index contributed by atoms with van der Waals surface area (Å²) in [5.74, 6) is -0.521. The SMILES string of the molecule is CCCCOCCCNC(=O)Nc1cc(Cl)ccc1F. The molecule has 0 saturated heterocycles. The van der Waals surface area contributed by atoms with Gasteiger partial charge in [-0.05, 0) is 31.0 Å². The van der Waals surface area contributed by atoms with Crippen molar-refractivity contribution in [1.82, 2.24) is 5.32 Å². The zero-order valence-electron chi connectivity index (χ0n) is 11.5. The number of urea groups is 1. The summed E-state index contributed by atoms with van der Waals surface area (Å²) in [5.41, 5.74) is 0.0641. The molecule has 0 saturated carbocycles. The van der Waals surface area contributed by atoms with Gasteiger partial charge in [-0.2, -0.15) is 0 Å². The Labute approximate surface area is 123 Å². The highest BCUT2D eigenvalue weighted by molar-refractivity contribution is 6.30. The first-order valence-corrected chi connectivity index (χ1v) is 7.09. The monoisotopic (exact) mass is 302 g/mol. The van der Waals surface area contributed by atoms with Gasteiger partial charge in [-0.1, -0.05) is 24.9 Å². The first-order chi connectivity index (χ1) is 9.63. The van der Waals surface area contributed by atoms with E-state index in [-0.39, 0.29) is 5.69 Å². The van der Waals surface area contributed by atoms with Crippen molar-refractivity contribution in [2.45, 2.75) is 26.2 Å². The Morgan fingerprint density at radius 2 is 2.10 bits per heavy atom. The van der Waals surface area contributed by atoms with Gasteiger partial charge in [0.05, 0.1) is 5.69 Å². The van der Waals surface area contributed by atoms with Crippen LogP contribution in [0.5, 0.6) is 0 Å². The Morgan fingerprint density at radius 3 is 2.85 bits per heavy atom. The fourth-order valence-electron chi connectivity index (χ4n) is 1.48. The molecule has 0 aliphatic rings. The highest BCUT2D eigenvalue weighted by atomic mass is 35.5. The standard InChI is InChI=1S/C14H20ClFN2O2/c1-2-3-8-20-9-4-7-17-14(19)18-13-10-11(15)5-6-12(13)16/h5-6,10H,2-4,7-9H2,1H3,(H2,17,18,19). The van der Waals surface area contributed by atoms with E-state index in [1.54, 1.807) is 0 Å². The Kier molecular flexibility index (Phi) is 7.99. The van der Waals surface area contributed by atoms with E-state index in [1.165, 1.54) is 18.2 Å². The molecule has 1 rings (SSSR count). The van der Waals surface area contributed by atoms with Gasteiger partial charge in [0.25, 0.3) is 0 Å². The van der Waals surface area contributed by atoms with Crippen LogP contribution in [0.2, 0.25) is 5.02 Å². The summed E-state index contributed by atoms with van der Waals surface area (Å²) in [5, 5.41) is 5.41. The number of unbranched alkanes of at least 4 members (excludes halogenated alkanes) is 1. The van der Waals surface area contributed by atoms with E-state index in [1.807, 2.05) is 0 Å². The molecule has 6 heteroatoms. The van der Waals surface area contributed by atoms with E-state index in [2.05, 4.69) is 17.6 Å². The lowest BCUT2D eigenvalue weighted by Crippen LogP contribution is -2.30. The number of halogens is 2. The van der Waals surface area contributed by atoms with Crippen LogP contribution in [-0.2, 0) is 4.74 Å². The molecule has 0 aliphatic carbocycles.